The van der Waals surface area contributed by atoms with Gasteiger partial charge < -0.3 is 4.74 Å². The fourth-order valence-electron chi connectivity index (χ4n) is 4.35. The summed E-state index contributed by atoms with van der Waals surface area (Å²) in [5.41, 5.74) is 0.550. The van der Waals surface area contributed by atoms with Crippen LogP contribution in [-0.4, -0.2) is 24.4 Å². The Morgan fingerprint density at radius 3 is 2.28 bits per heavy atom. The number of nitrogens with zero attached hydrogens (tertiary/aromatic N) is 1. The zero-order valence-electron chi connectivity index (χ0n) is 13.8. The normalized spacial score (nSPS) is 29.9. The second kappa shape index (κ2) is 5.99. The lowest BCUT2D eigenvalue weighted by atomic mass is 9.63. The van der Waals surface area contributed by atoms with Crippen LogP contribution >= 0.6 is 11.6 Å². The van der Waals surface area contributed by atoms with E-state index < -0.39 is 5.97 Å². The first-order valence-electron chi connectivity index (χ1n) is 8.55. The SMILES string of the molecule is CCOC(=O)c1cc(N2C(=O)[C@H]3[C@H](C2=O)[C@@H]2C=C[C@@H]3CC2)ccc1Cl. The van der Waals surface area contributed by atoms with Crippen molar-refractivity contribution in [2.75, 3.05) is 11.5 Å². The van der Waals surface area contributed by atoms with Crippen molar-refractivity contribution in [2.45, 2.75) is 19.8 Å². The second-order valence-corrected chi connectivity index (χ2v) is 7.15. The summed E-state index contributed by atoms with van der Waals surface area (Å²) < 4.78 is 5.00. The minimum absolute atomic E-state index is 0.133. The average Bonchev–Trinajstić information content (AvgIpc) is 2.90. The van der Waals surface area contributed by atoms with Crippen molar-refractivity contribution in [2.24, 2.45) is 23.7 Å². The zero-order valence-corrected chi connectivity index (χ0v) is 14.5. The lowest BCUT2D eigenvalue weighted by molar-refractivity contribution is -0.124. The molecule has 0 spiro atoms. The highest BCUT2D eigenvalue weighted by Gasteiger charge is 2.56. The number of ether oxygens (including phenoxy) is 1. The molecular weight excluding hydrogens is 342 g/mol. The number of hydrogen-bond donors (Lipinski definition) is 0. The largest absolute Gasteiger partial charge is 0.462 e. The van der Waals surface area contributed by atoms with Crippen molar-refractivity contribution in [3.63, 3.8) is 0 Å². The van der Waals surface area contributed by atoms with Gasteiger partial charge in [-0.05, 0) is 49.8 Å². The first-order chi connectivity index (χ1) is 12.0. The molecule has 2 amide bonds. The molecule has 5 rings (SSSR count). The summed E-state index contributed by atoms with van der Waals surface area (Å²) >= 11 is 6.09. The molecule has 25 heavy (non-hydrogen) atoms. The third kappa shape index (κ3) is 2.41. The fourth-order valence-corrected chi connectivity index (χ4v) is 4.54. The molecule has 0 N–H and O–H groups in total. The molecule has 5 nitrogen and oxygen atoms in total. The van der Waals surface area contributed by atoms with Gasteiger partial charge in [0.25, 0.3) is 0 Å². The van der Waals surface area contributed by atoms with Gasteiger partial charge in [0, 0.05) is 0 Å². The minimum Gasteiger partial charge on any atom is -0.462 e. The summed E-state index contributed by atoms with van der Waals surface area (Å²) in [5, 5.41) is 0.237. The third-order valence-electron chi connectivity index (χ3n) is 5.46. The molecule has 2 bridgehead atoms. The third-order valence-corrected chi connectivity index (χ3v) is 5.79. The van der Waals surface area contributed by atoms with Crippen LogP contribution in [0.3, 0.4) is 0 Å². The summed E-state index contributed by atoms with van der Waals surface area (Å²) in [7, 11) is 0. The number of carbonyl (C=O) groups excluding carboxylic acids is 3. The van der Waals surface area contributed by atoms with Gasteiger partial charge in [-0.3, -0.25) is 9.59 Å². The van der Waals surface area contributed by atoms with Crippen LogP contribution in [0.2, 0.25) is 5.02 Å². The Hall–Kier alpha value is -2.14. The lowest BCUT2D eigenvalue weighted by Gasteiger charge is -2.38. The van der Waals surface area contributed by atoms with Gasteiger partial charge in [-0.15, -0.1) is 0 Å². The number of amides is 2. The molecular formula is C19H18ClNO4. The minimum atomic E-state index is -0.562. The average molecular weight is 360 g/mol. The lowest BCUT2D eigenvalue weighted by Crippen LogP contribution is -2.38. The summed E-state index contributed by atoms with van der Waals surface area (Å²) in [4.78, 5) is 39.2. The maximum atomic E-state index is 13.0. The molecule has 3 aliphatic carbocycles. The molecule has 2 fully saturated rings. The van der Waals surface area contributed by atoms with Gasteiger partial charge in [0.2, 0.25) is 11.8 Å². The highest BCUT2D eigenvalue weighted by atomic mass is 35.5. The maximum Gasteiger partial charge on any atom is 0.339 e. The van der Waals surface area contributed by atoms with E-state index in [1.165, 1.54) is 17.0 Å². The molecule has 0 unspecified atom stereocenters. The van der Waals surface area contributed by atoms with Gasteiger partial charge in [0.1, 0.15) is 0 Å². The molecule has 130 valence electrons. The number of benzene rings is 1. The molecule has 1 saturated carbocycles. The van der Waals surface area contributed by atoms with Gasteiger partial charge in [-0.1, -0.05) is 23.8 Å². The van der Waals surface area contributed by atoms with Crippen molar-refractivity contribution in [3.05, 3.63) is 40.9 Å². The summed E-state index contributed by atoms with van der Waals surface area (Å²) in [6.07, 6.45) is 6.06. The van der Waals surface area contributed by atoms with Crippen molar-refractivity contribution in [3.8, 4) is 0 Å². The van der Waals surface area contributed by atoms with Crippen LogP contribution in [0.1, 0.15) is 30.1 Å². The number of allylic oxidation sites excluding steroid dienone is 2. The Labute approximate surface area is 150 Å². The van der Waals surface area contributed by atoms with E-state index in [1.54, 1.807) is 13.0 Å². The van der Waals surface area contributed by atoms with E-state index in [2.05, 4.69) is 12.2 Å². The Bertz CT molecular complexity index is 771. The van der Waals surface area contributed by atoms with E-state index in [1.807, 2.05) is 0 Å². The van der Waals surface area contributed by atoms with E-state index >= 15 is 0 Å². The van der Waals surface area contributed by atoms with Crippen LogP contribution < -0.4 is 4.90 Å². The quantitative estimate of drug-likeness (QED) is 0.472. The van der Waals surface area contributed by atoms with Gasteiger partial charge in [-0.2, -0.15) is 0 Å². The standard InChI is InChI=1S/C19H18ClNO4/c1-2-25-19(24)13-9-12(7-8-14(13)20)21-17(22)15-10-3-4-11(6-5-10)16(15)18(21)23/h3-4,7-11,15-16H,2,5-6H2,1H3/t10-,11-,15-,16-/m1/s1. The molecule has 1 heterocycles. The van der Waals surface area contributed by atoms with Crippen molar-refractivity contribution in [1.82, 2.24) is 0 Å². The van der Waals surface area contributed by atoms with Gasteiger partial charge in [-0.25, -0.2) is 9.69 Å². The van der Waals surface area contributed by atoms with Crippen LogP contribution in [0.5, 0.6) is 0 Å². The number of hydrogen-bond acceptors (Lipinski definition) is 4. The second-order valence-electron chi connectivity index (χ2n) is 6.74. The number of anilines is 1. The summed E-state index contributed by atoms with van der Waals surface area (Å²) in [5.74, 6) is -1.21. The Balaban J connectivity index is 1.71. The zero-order chi connectivity index (χ0) is 17.7. The number of rotatable bonds is 3. The summed E-state index contributed by atoms with van der Waals surface area (Å²) in [6, 6.07) is 4.61. The van der Waals surface area contributed by atoms with E-state index in [0.29, 0.717) is 5.69 Å². The number of halogens is 1. The van der Waals surface area contributed by atoms with E-state index in [9.17, 15) is 14.4 Å². The van der Waals surface area contributed by atoms with Crippen LogP contribution in [0.25, 0.3) is 0 Å². The molecule has 0 aromatic heterocycles. The van der Waals surface area contributed by atoms with Crippen molar-refractivity contribution >= 4 is 35.1 Å². The first-order valence-corrected chi connectivity index (χ1v) is 8.93. The smallest absolute Gasteiger partial charge is 0.339 e. The van der Waals surface area contributed by atoms with Gasteiger partial charge >= 0.3 is 5.97 Å². The first kappa shape index (κ1) is 16.3. The van der Waals surface area contributed by atoms with Crippen molar-refractivity contribution < 1.29 is 19.1 Å². The molecule has 1 aromatic rings. The fraction of sp³-hybridized carbons (Fsp3) is 0.421. The summed E-state index contributed by atoms with van der Waals surface area (Å²) in [6.45, 7) is 1.93. The number of esters is 1. The van der Waals surface area contributed by atoms with Crippen molar-refractivity contribution in [1.29, 1.82) is 0 Å². The molecule has 0 radical (unpaired) electrons. The highest BCUT2D eigenvalue weighted by molar-refractivity contribution is 6.34. The molecule has 1 aromatic carbocycles. The topological polar surface area (TPSA) is 63.7 Å². The monoisotopic (exact) mass is 359 g/mol. The molecule has 1 aliphatic heterocycles. The number of fused-ring (bicyclic) bond motifs is 1. The van der Waals surface area contributed by atoms with E-state index in [0.717, 1.165) is 12.8 Å². The Kier molecular flexibility index (Phi) is 3.91. The number of carbonyl (C=O) groups is 3. The van der Waals surface area contributed by atoms with Crippen LogP contribution in [0.15, 0.2) is 30.4 Å². The Morgan fingerprint density at radius 2 is 1.76 bits per heavy atom. The van der Waals surface area contributed by atoms with E-state index in [4.69, 9.17) is 16.3 Å². The maximum absolute atomic E-state index is 13.0. The highest BCUT2D eigenvalue weighted by Crippen LogP contribution is 2.50. The number of imide groups is 1. The molecule has 4 aliphatic rings. The molecule has 6 heteroatoms. The van der Waals surface area contributed by atoms with Gasteiger partial charge in [0.15, 0.2) is 0 Å². The van der Waals surface area contributed by atoms with E-state index in [-0.39, 0.29) is 52.7 Å². The predicted molar refractivity (Wildman–Crippen MR) is 92.2 cm³/mol. The van der Waals surface area contributed by atoms with Gasteiger partial charge in [0.05, 0.1) is 34.7 Å². The molecule has 1 saturated heterocycles. The Morgan fingerprint density at radius 1 is 1.16 bits per heavy atom. The molecule has 4 atom stereocenters. The van der Waals surface area contributed by atoms with Crippen LogP contribution in [-0.2, 0) is 14.3 Å². The van der Waals surface area contributed by atoms with Crippen LogP contribution in [0, 0.1) is 23.7 Å². The predicted octanol–water partition coefficient (Wildman–Crippen LogP) is 3.22. The van der Waals surface area contributed by atoms with Crippen LogP contribution in [0.4, 0.5) is 5.69 Å².